The van der Waals surface area contributed by atoms with Gasteiger partial charge in [0.15, 0.2) is 11.6 Å². The zero-order valence-corrected chi connectivity index (χ0v) is 9.11. The number of hydrogen-bond acceptors (Lipinski definition) is 0. The monoisotopic (exact) mass is 200 g/mol. The molecular weight excluding hydrogens is 182 g/mol. The Morgan fingerprint density at radius 2 is 1.71 bits per heavy atom. The third-order valence-electron chi connectivity index (χ3n) is 1.80. The van der Waals surface area contributed by atoms with Crippen LogP contribution in [0.15, 0.2) is 18.2 Å². The summed E-state index contributed by atoms with van der Waals surface area (Å²) in [4.78, 5) is 0. The molecule has 0 saturated carbocycles. The number of rotatable bonds is 3. The van der Waals surface area contributed by atoms with Crippen LogP contribution in [0.1, 0.15) is 39.2 Å². The molecule has 0 amide bonds. The van der Waals surface area contributed by atoms with Crippen molar-refractivity contribution in [3.63, 3.8) is 0 Å². The Hall–Kier alpha value is -0.920. The van der Waals surface area contributed by atoms with Crippen molar-refractivity contribution in [1.29, 1.82) is 0 Å². The minimum Gasteiger partial charge on any atom is -0.204 e. The number of aryl methyl sites for hydroxylation is 1. The van der Waals surface area contributed by atoms with Crippen molar-refractivity contribution in [2.45, 2.75) is 40.0 Å². The molecule has 14 heavy (non-hydrogen) atoms. The van der Waals surface area contributed by atoms with Crippen molar-refractivity contribution in [3.8, 4) is 0 Å². The predicted molar refractivity (Wildman–Crippen MR) is 56.3 cm³/mol. The summed E-state index contributed by atoms with van der Waals surface area (Å²) in [5.74, 6) is -1.51. The van der Waals surface area contributed by atoms with Crippen LogP contribution in [0.25, 0.3) is 0 Å². The average molecular weight is 200 g/mol. The molecule has 0 fully saturated rings. The number of unbranched alkanes of at least 4 members (excludes halogenated alkanes) is 1. The van der Waals surface area contributed by atoms with Gasteiger partial charge < -0.3 is 0 Å². The van der Waals surface area contributed by atoms with Crippen LogP contribution in [0.4, 0.5) is 8.78 Å². The van der Waals surface area contributed by atoms with Crippen LogP contribution in [0.2, 0.25) is 0 Å². The van der Waals surface area contributed by atoms with Crippen LogP contribution in [-0.2, 0) is 6.42 Å². The molecule has 0 aliphatic carbocycles. The predicted octanol–water partition coefficient (Wildman–Crippen LogP) is 4.33. The van der Waals surface area contributed by atoms with Gasteiger partial charge in [-0.05, 0) is 30.5 Å². The van der Waals surface area contributed by atoms with Gasteiger partial charge in [0.05, 0.1) is 0 Å². The smallest absolute Gasteiger partial charge is 0.159 e. The van der Waals surface area contributed by atoms with Gasteiger partial charge in [-0.15, -0.1) is 0 Å². The highest BCUT2D eigenvalue weighted by molar-refractivity contribution is 5.17. The Bertz CT molecular complexity index is 256. The first-order valence-corrected chi connectivity index (χ1v) is 5.18. The van der Waals surface area contributed by atoms with E-state index in [1.165, 1.54) is 12.1 Å². The highest BCUT2D eigenvalue weighted by atomic mass is 19.2. The largest absolute Gasteiger partial charge is 0.204 e. The third kappa shape index (κ3) is 4.35. The molecule has 1 rings (SSSR count). The summed E-state index contributed by atoms with van der Waals surface area (Å²) >= 11 is 0. The molecule has 0 bridgehead atoms. The van der Waals surface area contributed by atoms with Crippen LogP contribution in [0.5, 0.6) is 0 Å². The van der Waals surface area contributed by atoms with E-state index in [2.05, 4.69) is 6.92 Å². The molecule has 0 saturated heterocycles. The Labute approximate surface area is 85.0 Å². The lowest BCUT2D eigenvalue weighted by Crippen LogP contribution is -1.89. The van der Waals surface area contributed by atoms with Crippen molar-refractivity contribution >= 4 is 0 Å². The topological polar surface area (TPSA) is 0 Å². The zero-order valence-electron chi connectivity index (χ0n) is 9.11. The van der Waals surface area contributed by atoms with Gasteiger partial charge in [0.2, 0.25) is 0 Å². The molecule has 0 radical (unpaired) electrons. The van der Waals surface area contributed by atoms with E-state index < -0.39 is 11.6 Å². The van der Waals surface area contributed by atoms with E-state index >= 15 is 0 Å². The molecule has 0 atom stereocenters. The molecule has 0 N–H and O–H groups in total. The molecule has 80 valence electrons. The van der Waals surface area contributed by atoms with Crippen molar-refractivity contribution in [2.24, 2.45) is 0 Å². The number of hydrogen-bond donors (Lipinski definition) is 0. The number of halogens is 2. The first-order valence-electron chi connectivity index (χ1n) is 5.18. The minimum atomic E-state index is -0.768. The fourth-order valence-corrected chi connectivity index (χ4v) is 1.08. The van der Waals surface area contributed by atoms with E-state index in [0.717, 1.165) is 24.8 Å². The molecule has 0 spiro atoms. The molecule has 0 unspecified atom stereocenters. The van der Waals surface area contributed by atoms with Gasteiger partial charge in [0.25, 0.3) is 0 Å². The van der Waals surface area contributed by atoms with Gasteiger partial charge in [-0.3, -0.25) is 0 Å². The second-order valence-corrected chi connectivity index (χ2v) is 2.85. The molecular formula is C12H18F2. The highest BCUT2D eigenvalue weighted by Crippen LogP contribution is 2.10. The Kier molecular flexibility index (Phi) is 6.99. The lowest BCUT2D eigenvalue weighted by Gasteiger charge is -1.99. The van der Waals surface area contributed by atoms with E-state index in [1.54, 1.807) is 6.07 Å². The summed E-state index contributed by atoms with van der Waals surface area (Å²) in [6.45, 7) is 6.07. The lowest BCUT2D eigenvalue weighted by molar-refractivity contribution is 0.506. The first kappa shape index (κ1) is 13.1. The maximum Gasteiger partial charge on any atom is 0.159 e. The van der Waals surface area contributed by atoms with Crippen LogP contribution >= 0.6 is 0 Å². The van der Waals surface area contributed by atoms with Crippen molar-refractivity contribution in [2.75, 3.05) is 0 Å². The van der Waals surface area contributed by atoms with Crippen molar-refractivity contribution in [1.82, 2.24) is 0 Å². The Morgan fingerprint density at radius 3 is 2.21 bits per heavy atom. The van der Waals surface area contributed by atoms with Crippen LogP contribution in [0, 0.1) is 11.6 Å². The summed E-state index contributed by atoms with van der Waals surface area (Å²) < 4.78 is 25.1. The molecule has 0 nitrogen and oxygen atoms in total. The van der Waals surface area contributed by atoms with E-state index in [-0.39, 0.29) is 0 Å². The van der Waals surface area contributed by atoms with E-state index in [1.807, 2.05) is 13.8 Å². The van der Waals surface area contributed by atoms with Crippen LogP contribution in [-0.4, -0.2) is 0 Å². The molecule has 2 heteroatoms. The molecule has 1 aromatic carbocycles. The Morgan fingerprint density at radius 1 is 1.07 bits per heavy atom. The molecule has 0 heterocycles. The Balaban J connectivity index is 0.000000791. The van der Waals surface area contributed by atoms with E-state index in [0.29, 0.717) is 0 Å². The standard InChI is InChI=1S/C10H12F2.C2H6/c1-2-3-4-8-5-6-9(11)10(12)7-8;1-2/h5-7H,2-4H2,1H3;1-2H3. The van der Waals surface area contributed by atoms with Crippen molar-refractivity contribution in [3.05, 3.63) is 35.4 Å². The van der Waals surface area contributed by atoms with Gasteiger partial charge in [-0.1, -0.05) is 33.3 Å². The second-order valence-electron chi connectivity index (χ2n) is 2.85. The van der Waals surface area contributed by atoms with Crippen LogP contribution < -0.4 is 0 Å². The number of benzene rings is 1. The highest BCUT2D eigenvalue weighted by Gasteiger charge is 2.01. The second kappa shape index (κ2) is 7.48. The summed E-state index contributed by atoms with van der Waals surface area (Å²) in [5.41, 5.74) is 0.871. The fraction of sp³-hybridized carbons (Fsp3) is 0.500. The average Bonchev–Trinajstić information content (AvgIpc) is 2.23. The molecule has 0 aromatic heterocycles. The minimum absolute atomic E-state index is 0.747. The van der Waals surface area contributed by atoms with E-state index in [4.69, 9.17) is 0 Å². The summed E-state index contributed by atoms with van der Waals surface area (Å²) in [6.07, 6.45) is 2.91. The fourth-order valence-electron chi connectivity index (χ4n) is 1.08. The quantitative estimate of drug-likeness (QED) is 0.681. The van der Waals surface area contributed by atoms with Gasteiger partial charge in [-0.25, -0.2) is 8.78 Å². The maximum atomic E-state index is 12.6. The zero-order chi connectivity index (χ0) is 11.0. The van der Waals surface area contributed by atoms with E-state index in [9.17, 15) is 8.78 Å². The van der Waals surface area contributed by atoms with Gasteiger partial charge >= 0.3 is 0 Å². The van der Waals surface area contributed by atoms with Gasteiger partial charge in [-0.2, -0.15) is 0 Å². The first-order chi connectivity index (χ1) is 6.74. The summed E-state index contributed by atoms with van der Waals surface area (Å²) in [5, 5.41) is 0. The third-order valence-corrected chi connectivity index (χ3v) is 1.80. The van der Waals surface area contributed by atoms with Crippen LogP contribution in [0.3, 0.4) is 0 Å². The van der Waals surface area contributed by atoms with Gasteiger partial charge in [0.1, 0.15) is 0 Å². The molecule has 0 aliphatic heterocycles. The molecule has 0 aliphatic rings. The van der Waals surface area contributed by atoms with Gasteiger partial charge in [0, 0.05) is 0 Å². The lowest BCUT2D eigenvalue weighted by atomic mass is 10.1. The normalized spacial score (nSPS) is 9.21. The summed E-state index contributed by atoms with van der Waals surface area (Å²) in [7, 11) is 0. The SMILES string of the molecule is CC.CCCCc1ccc(F)c(F)c1. The van der Waals surface area contributed by atoms with Crippen molar-refractivity contribution < 1.29 is 8.78 Å². The summed E-state index contributed by atoms with van der Waals surface area (Å²) in [6, 6.07) is 4.08. The molecule has 1 aromatic rings. The maximum absolute atomic E-state index is 12.6.